The summed E-state index contributed by atoms with van der Waals surface area (Å²) in [6.07, 6.45) is 3.97. The van der Waals surface area contributed by atoms with Crippen molar-refractivity contribution < 1.29 is 14.6 Å². The molecule has 1 aliphatic rings. The van der Waals surface area contributed by atoms with E-state index >= 15 is 0 Å². The second kappa shape index (κ2) is 6.65. The molecule has 0 amide bonds. The van der Waals surface area contributed by atoms with E-state index in [9.17, 15) is 9.90 Å². The standard InChI is InChI=1S/C14H22N2O3S/c1-3-19-13(17)12-15-11(9-20-12)8-16(2)10-14(18)6-4-5-7-14/h9,18H,3-8,10H2,1-2H3. The van der Waals surface area contributed by atoms with E-state index < -0.39 is 5.60 Å². The molecule has 2 rings (SSSR count). The highest BCUT2D eigenvalue weighted by Crippen LogP contribution is 2.30. The van der Waals surface area contributed by atoms with Crippen LogP contribution in [0.25, 0.3) is 0 Å². The molecular formula is C14H22N2O3S. The van der Waals surface area contributed by atoms with E-state index in [1.165, 1.54) is 11.3 Å². The van der Waals surface area contributed by atoms with Gasteiger partial charge in [0, 0.05) is 18.5 Å². The number of esters is 1. The summed E-state index contributed by atoms with van der Waals surface area (Å²) in [6, 6.07) is 0. The maximum atomic E-state index is 11.5. The normalized spacial score (nSPS) is 17.6. The molecule has 1 fully saturated rings. The molecular weight excluding hydrogens is 276 g/mol. The first kappa shape index (κ1) is 15.4. The number of rotatable bonds is 6. The fraction of sp³-hybridized carbons (Fsp3) is 0.714. The Morgan fingerprint density at radius 2 is 2.25 bits per heavy atom. The van der Waals surface area contributed by atoms with Crippen molar-refractivity contribution in [2.45, 2.75) is 44.8 Å². The Balaban J connectivity index is 1.88. The van der Waals surface area contributed by atoms with Crippen molar-refractivity contribution in [3.63, 3.8) is 0 Å². The van der Waals surface area contributed by atoms with Crippen LogP contribution < -0.4 is 0 Å². The number of likely N-dealkylation sites (N-methyl/N-ethyl adjacent to an activating group) is 1. The van der Waals surface area contributed by atoms with Gasteiger partial charge in [0.25, 0.3) is 0 Å². The minimum Gasteiger partial charge on any atom is -0.461 e. The molecule has 0 atom stereocenters. The third kappa shape index (κ3) is 4.01. The molecule has 6 heteroatoms. The zero-order chi connectivity index (χ0) is 14.6. The Labute approximate surface area is 123 Å². The number of aromatic nitrogens is 1. The van der Waals surface area contributed by atoms with E-state index in [0.29, 0.717) is 24.7 Å². The minimum atomic E-state index is -0.547. The van der Waals surface area contributed by atoms with Crippen molar-refractivity contribution >= 4 is 17.3 Å². The summed E-state index contributed by atoms with van der Waals surface area (Å²) in [4.78, 5) is 17.9. The van der Waals surface area contributed by atoms with Gasteiger partial charge in [0.15, 0.2) is 0 Å². The zero-order valence-electron chi connectivity index (χ0n) is 12.1. The molecule has 1 aromatic rings. The molecule has 0 unspecified atom stereocenters. The summed E-state index contributed by atoms with van der Waals surface area (Å²) < 4.78 is 4.93. The van der Waals surface area contributed by atoms with Crippen LogP contribution in [-0.4, -0.2) is 46.8 Å². The molecule has 0 bridgehead atoms. The van der Waals surface area contributed by atoms with Crippen LogP contribution in [0.15, 0.2) is 5.38 Å². The molecule has 0 aliphatic heterocycles. The number of hydrogen-bond donors (Lipinski definition) is 1. The van der Waals surface area contributed by atoms with Crippen LogP contribution in [0.1, 0.15) is 48.1 Å². The third-order valence-corrected chi connectivity index (χ3v) is 4.40. The Morgan fingerprint density at radius 1 is 1.55 bits per heavy atom. The molecule has 0 aromatic carbocycles. The van der Waals surface area contributed by atoms with E-state index in [-0.39, 0.29) is 5.97 Å². The number of thiazole rings is 1. The fourth-order valence-corrected chi connectivity index (χ4v) is 3.39. The summed E-state index contributed by atoms with van der Waals surface area (Å²) in [5.41, 5.74) is 0.302. The van der Waals surface area contributed by atoms with Gasteiger partial charge in [-0.2, -0.15) is 0 Å². The van der Waals surface area contributed by atoms with E-state index in [4.69, 9.17) is 4.74 Å². The molecule has 112 valence electrons. The first-order valence-electron chi connectivity index (χ1n) is 7.05. The van der Waals surface area contributed by atoms with Crippen molar-refractivity contribution in [3.05, 3.63) is 16.1 Å². The monoisotopic (exact) mass is 298 g/mol. The minimum absolute atomic E-state index is 0.360. The molecule has 1 aromatic heterocycles. The lowest BCUT2D eigenvalue weighted by atomic mass is 10.0. The molecule has 20 heavy (non-hydrogen) atoms. The maximum Gasteiger partial charge on any atom is 0.367 e. The number of nitrogens with zero attached hydrogens (tertiary/aromatic N) is 2. The van der Waals surface area contributed by atoms with Gasteiger partial charge in [-0.25, -0.2) is 9.78 Å². The van der Waals surface area contributed by atoms with Gasteiger partial charge >= 0.3 is 5.97 Å². The summed E-state index contributed by atoms with van der Waals surface area (Å²) in [7, 11) is 1.97. The topological polar surface area (TPSA) is 62.7 Å². The van der Waals surface area contributed by atoms with Gasteiger partial charge in [-0.1, -0.05) is 12.8 Å². The maximum absolute atomic E-state index is 11.5. The van der Waals surface area contributed by atoms with Gasteiger partial charge in [-0.3, -0.25) is 4.90 Å². The van der Waals surface area contributed by atoms with Crippen LogP contribution in [0.2, 0.25) is 0 Å². The van der Waals surface area contributed by atoms with E-state index in [0.717, 1.165) is 31.4 Å². The average Bonchev–Trinajstić information content (AvgIpc) is 2.99. The lowest BCUT2D eigenvalue weighted by molar-refractivity contribution is 0.0142. The van der Waals surface area contributed by atoms with Crippen LogP contribution in [0.4, 0.5) is 0 Å². The van der Waals surface area contributed by atoms with E-state index in [2.05, 4.69) is 9.88 Å². The third-order valence-electron chi connectivity index (χ3n) is 3.53. The van der Waals surface area contributed by atoms with Crippen molar-refractivity contribution in [1.82, 2.24) is 9.88 Å². The summed E-state index contributed by atoms with van der Waals surface area (Å²) >= 11 is 1.31. The number of hydrogen-bond acceptors (Lipinski definition) is 6. The zero-order valence-corrected chi connectivity index (χ0v) is 12.9. The molecule has 0 saturated heterocycles. The van der Waals surface area contributed by atoms with Crippen LogP contribution in [0, 0.1) is 0 Å². The highest BCUT2D eigenvalue weighted by Gasteiger charge is 2.32. The first-order chi connectivity index (χ1) is 9.52. The van der Waals surface area contributed by atoms with Crippen molar-refractivity contribution in [2.24, 2.45) is 0 Å². The molecule has 0 radical (unpaired) electrons. The highest BCUT2D eigenvalue weighted by atomic mass is 32.1. The Hall–Kier alpha value is -0.980. The molecule has 1 heterocycles. The van der Waals surface area contributed by atoms with E-state index in [1.54, 1.807) is 6.92 Å². The number of aliphatic hydroxyl groups is 1. The van der Waals surface area contributed by atoms with Crippen LogP contribution in [0.3, 0.4) is 0 Å². The Kier molecular flexibility index (Phi) is 5.12. The lowest BCUT2D eigenvalue weighted by Gasteiger charge is -2.28. The van der Waals surface area contributed by atoms with Gasteiger partial charge in [0.1, 0.15) is 0 Å². The van der Waals surface area contributed by atoms with Gasteiger partial charge in [0.05, 0.1) is 17.9 Å². The molecule has 1 aliphatic carbocycles. The molecule has 0 spiro atoms. The lowest BCUT2D eigenvalue weighted by Crippen LogP contribution is -2.38. The van der Waals surface area contributed by atoms with Crippen molar-refractivity contribution in [1.29, 1.82) is 0 Å². The number of carbonyl (C=O) groups excluding carboxylic acids is 1. The molecule has 1 saturated carbocycles. The van der Waals surface area contributed by atoms with Gasteiger partial charge in [0.2, 0.25) is 5.01 Å². The summed E-state index contributed by atoms with van der Waals surface area (Å²) in [5, 5.41) is 12.6. The van der Waals surface area contributed by atoms with Crippen LogP contribution in [0.5, 0.6) is 0 Å². The smallest absolute Gasteiger partial charge is 0.367 e. The molecule has 5 nitrogen and oxygen atoms in total. The van der Waals surface area contributed by atoms with Gasteiger partial charge < -0.3 is 9.84 Å². The van der Waals surface area contributed by atoms with E-state index in [1.807, 2.05) is 12.4 Å². The Bertz CT molecular complexity index is 455. The van der Waals surface area contributed by atoms with Gasteiger partial charge in [-0.05, 0) is 26.8 Å². The number of carbonyl (C=O) groups is 1. The quantitative estimate of drug-likeness (QED) is 0.815. The van der Waals surface area contributed by atoms with Gasteiger partial charge in [-0.15, -0.1) is 11.3 Å². The Morgan fingerprint density at radius 3 is 2.90 bits per heavy atom. The fourth-order valence-electron chi connectivity index (χ4n) is 2.69. The predicted molar refractivity (Wildman–Crippen MR) is 77.8 cm³/mol. The summed E-state index contributed by atoms with van der Waals surface area (Å²) in [5.74, 6) is -0.360. The average molecular weight is 298 g/mol. The highest BCUT2D eigenvalue weighted by molar-refractivity contribution is 7.11. The second-order valence-electron chi connectivity index (χ2n) is 5.47. The van der Waals surface area contributed by atoms with Crippen LogP contribution in [-0.2, 0) is 11.3 Å². The largest absolute Gasteiger partial charge is 0.461 e. The predicted octanol–water partition coefficient (Wildman–Crippen LogP) is 2.06. The number of ether oxygens (including phenoxy) is 1. The second-order valence-corrected chi connectivity index (χ2v) is 6.33. The van der Waals surface area contributed by atoms with Crippen molar-refractivity contribution in [2.75, 3.05) is 20.2 Å². The van der Waals surface area contributed by atoms with Crippen molar-refractivity contribution in [3.8, 4) is 0 Å². The first-order valence-corrected chi connectivity index (χ1v) is 7.93. The SMILES string of the molecule is CCOC(=O)c1nc(CN(C)CC2(O)CCCC2)cs1. The van der Waals surface area contributed by atoms with Crippen LogP contribution >= 0.6 is 11.3 Å². The summed E-state index contributed by atoms with van der Waals surface area (Å²) in [6.45, 7) is 3.43. The molecule has 1 N–H and O–H groups in total.